The van der Waals surface area contributed by atoms with Gasteiger partial charge in [-0.2, -0.15) is 0 Å². The summed E-state index contributed by atoms with van der Waals surface area (Å²) in [7, 11) is 0. The smallest absolute Gasteiger partial charge is 0.149 e. The highest BCUT2D eigenvalue weighted by molar-refractivity contribution is 6.16. The van der Waals surface area contributed by atoms with E-state index in [2.05, 4.69) is 9.97 Å². The minimum absolute atomic E-state index is 0.276. The van der Waals surface area contributed by atoms with Crippen molar-refractivity contribution in [3.63, 3.8) is 0 Å². The Hall–Kier alpha value is -1.48. The number of hydrogen-bond donors (Lipinski definition) is 0. The maximum Gasteiger partial charge on any atom is 0.149 e. The second kappa shape index (κ2) is 4.36. The van der Waals surface area contributed by atoms with Crippen molar-refractivity contribution in [1.82, 2.24) is 9.97 Å². The van der Waals surface area contributed by atoms with Crippen LogP contribution in [0.2, 0.25) is 0 Å². The molecular weight excluding hydrogens is 215 g/mol. The second-order valence-corrected chi connectivity index (χ2v) is 3.27. The molecule has 0 fully saturated rings. The molecule has 2 aromatic heterocycles. The summed E-state index contributed by atoms with van der Waals surface area (Å²) in [4.78, 5) is 7.99. The average Bonchev–Trinajstić information content (AvgIpc) is 2.31. The molecule has 4 heteroatoms. The quantitative estimate of drug-likeness (QED) is 0.730. The van der Waals surface area contributed by atoms with Crippen molar-refractivity contribution >= 4 is 11.6 Å². The van der Waals surface area contributed by atoms with Crippen molar-refractivity contribution in [2.45, 2.75) is 5.88 Å². The zero-order chi connectivity index (χ0) is 10.7. The van der Waals surface area contributed by atoms with E-state index in [0.717, 1.165) is 0 Å². The predicted molar refractivity (Wildman–Crippen MR) is 57.0 cm³/mol. The number of nitrogens with zero attached hydrogens (tertiary/aromatic N) is 2. The van der Waals surface area contributed by atoms with E-state index in [1.165, 1.54) is 6.07 Å². The first-order valence-corrected chi connectivity index (χ1v) is 4.96. The molecule has 2 rings (SSSR count). The van der Waals surface area contributed by atoms with Gasteiger partial charge < -0.3 is 0 Å². The van der Waals surface area contributed by atoms with Crippen LogP contribution >= 0.6 is 11.6 Å². The largest absolute Gasteiger partial charge is 0.265 e. The Morgan fingerprint density at radius 2 is 1.87 bits per heavy atom. The van der Waals surface area contributed by atoms with Gasteiger partial charge in [-0.1, -0.05) is 0 Å². The predicted octanol–water partition coefficient (Wildman–Crippen LogP) is 3.02. The SMILES string of the molecule is Fc1ccc(CCl)nc1-c1ccncc1. The lowest BCUT2D eigenvalue weighted by Crippen LogP contribution is -1.93. The van der Waals surface area contributed by atoms with E-state index in [4.69, 9.17) is 11.6 Å². The van der Waals surface area contributed by atoms with Gasteiger partial charge in [0.2, 0.25) is 0 Å². The summed E-state index contributed by atoms with van der Waals surface area (Å²) in [6, 6.07) is 6.38. The van der Waals surface area contributed by atoms with E-state index in [-0.39, 0.29) is 11.7 Å². The Labute approximate surface area is 91.8 Å². The third-order valence-corrected chi connectivity index (χ3v) is 2.27. The molecule has 0 radical (unpaired) electrons. The topological polar surface area (TPSA) is 25.8 Å². The second-order valence-electron chi connectivity index (χ2n) is 3.00. The maximum absolute atomic E-state index is 13.5. The molecule has 0 spiro atoms. The number of aromatic nitrogens is 2. The van der Waals surface area contributed by atoms with Crippen LogP contribution in [0.3, 0.4) is 0 Å². The summed E-state index contributed by atoms with van der Waals surface area (Å²) in [5.74, 6) is -0.0756. The third-order valence-electron chi connectivity index (χ3n) is 1.99. The Kier molecular flexibility index (Phi) is 2.92. The van der Waals surface area contributed by atoms with Gasteiger partial charge in [0.15, 0.2) is 0 Å². The van der Waals surface area contributed by atoms with E-state index >= 15 is 0 Å². The van der Waals surface area contributed by atoms with Crippen molar-refractivity contribution in [3.05, 3.63) is 48.2 Å². The molecule has 0 amide bonds. The Balaban J connectivity index is 2.52. The van der Waals surface area contributed by atoms with Crippen molar-refractivity contribution in [1.29, 1.82) is 0 Å². The van der Waals surface area contributed by atoms with Crippen molar-refractivity contribution < 1.29 is 4.39 Å². The summed E-state index contributed by atoms with van der Waals surface area (Å²) in [5, 5.41) is 0. The van der Waals surface area contributed by atoms with Crippen LogP contribution in [-0.2, 0) is 5.88 Å². The first-order chi connectivity index (χ1) is 7.31. The molecule has 2 nitrogen and oxygen atoms in total. The van der Waals surface area contributed by atoms with Gasteiger partial charge in [0.25, 0.3) is 0 Å². The van der Waals surface area contributed by atoms with Gasteiger partial charge >= 0.3 is 0 Å². The molecule has 0 bridgehead atoms. The lowest BCUT2D eigenvalue weighted by molar-refractivity contribution is 0.624. The van der Waals surface area contributed by atoms with E-state index in [1.807, 2.05) is 0 Å². The fraction of sp³-hybridized carbons (Fsp3) is 0.0909. The highest BCUT2D eigenvalue weighted by Gasteiger charge is 2.07. The van der Waals surface area contributed by atoms with Gasteiger partial charge in [-0.15, -0.1) is 11.6 Å². The van der Waals surface area contributed by atoms with Crippen LogP contribution in [0.15, 0.2) is 36.7 Å². The lowest BCUT2D eigenvalue weighted by Gasteiger charge is -2.03. The molecular formula is C11H8ClFN2. The van der Waals surface area contributed by atoms with E-state index in [9.17, 15) is 4.39 Å². The maximum atomic E-state index is 13.5. The van der Waals surface area contributed by atoms with Gasteiger partial charge in [-0.25, -0.2) is 9.37 Å². The van der Waals surface area contributed by atoms with Crippen molar-refractivity contribution in [3.8, 4) is 11.3 Å². The summed E-state index contributed by atoms with van der Waals surface area (Å²) in [5.41, 5.74) is 1.68. The minimum Gasteiger partial charge on any atom is -0.265 e. The van der Waals surface area contributed by atoms with Gasteiger partial charge in [-0.3, -0.25) is 4.98 Å². The van der Waals surface area contributed by atoms with E-state index in [1.54, 1.807) is 30.6 Å². The molecule has 0 aliphatic carbocycles. The average molecular weight is 223 g/mol. The molecule has 15 heavy (non-hydrogen) atoms. The number of hydrogen-bond acceptors (Lipinski definition) is 2. The molecule has 0 unspecified atom stereocenters. The van der Waals surface area contributed by atoms with Crippen LogP contribution in [-0.4, -0.2) is 9.97 Å². The van der Waals surface area contributed by atoms with Crippen LogP contribution in [0.1, 0.15) is 5.69 Å². The minimum atomic E-state index is -0.352. The first kappa shape index (κ1) is 10.1. The van der Waals surface area contributed by atoms with E-state index in [0.29, 0.717) is 17.0 Å². The molecule has 0 N–H and O–H groups in total. The summed E-state index contributed by atoms with van der Waals surface area (Å²) in [6.07, 6.45) is 3.20. The summed E-state index contributed by atoms with van der Waals surface area (Å²) in [6.45, 7) is 0. The molecule has 2 heterocycles. The van der Waals surface area contributed by atoms with Crippen molar-refractivity contribution in [2.75, 3.05) is 0 Å². The Morgan fingerprint density at radius 1 is 1.13 bits per heavy atom. The number of alkyl halides is 1. The fourth-order valence-corrected chi connectivity index (χ4v) is 1.42. The fourth-order valence-electron chi connectivity index (χ4n) is 1.27. The third kappa shape index (κ3) is 2.13. The highest BCUT2D eigenvalue weighted by atomic mass is 35.5. The van der Waals surface area contributed by atoms with Gasteiger partial charge in [0.05, 0.1) is 11.6 Å². The molecule has 76 valence electrons. The van der Waals surface area contributed by atoms with E-state index < -0.39 is 0 Å². The molecule has 2 aromatic rings. The molecule has 0 aromatic carbocycles. The van der Waals surface area contributed by atoms with Crippen LogP contribution in [0, 0.1) is 5.82 Å². The monoisotopic (exact) mass is 222 g/mol. The van der Waals surface area contributed by atoms with Gasteiger partial charge in [0, 0.05) is 18.0 Å². The normalized spacial score (nSPS) is 10.3. The summed E-state index contributed by atoms with van der Waals surface area (Å²) < 4.78 is 13.5. The molecule has 0 atom stereocenters. The van der Waals surface area contributed by atoms with Crippen LogP contribution in [0.25, 0.3) is 11.3 Å². The lowest BCUT2D eigenvalue weighted by atomic mass is 10.1. The van der Waals surface area contributed by atoms with Crippen LogP contribution in [0.5, 0.6) is 0 Å². The molecule has 0 aliphatic rings. The Bertz CT molecular complexity index is 459. The Morgan fingerprint density at radius 3 is 2.53 bits per heavy atom. The van der Waals surface area contributed by atoms with Crippen LogP contribution < -0.4 is 0 Å². The molecule has 0 saturated carbocycles. The highest BCUT2D eigenvalue weighted by Crippen LogP contribution is 2.20. The van der Waals surface area contributed by atoms with Crippen LogP contribution in [0.4, 0.5) is 4.39 Å². The number of pyridine rings is 2. The molecule has 0 aliphatic heterocycles. The first-order valence-electron chi connectivity index (χ1n) is 4.43. The molecule has 0 saturated heterocycles. The number of rotatable bonds is 2. The van der Waals surface area contributed by atoms with Gasteiger partial charge in [-0.05, 0) is 24.3 Å². The van der Waals surface area contributed by atoms with Gasteiger partial charge in [0.1, 0.15) is 11.5 Å². The van der Waals surface area contributed by atoms with Crippen molar-refractivity contribution in [2.24, 2.45) is 0 Å². The standard InChI is InChI=1S/C11H8ClFN2/c12-7-9-1-2-10(13)11(15-9)8-3-5-14-6-4-8/h1-6H,7H2. The summed E-state index contributed by atoms with van der Waals surface area (Å²) >= 11 is 5.64. The zero-order valence-electron chi connectivity index (χ0n) is 7.82. The zero-order valence-corrected chi connectivity index (χ0v) is 8.58. The number of halogens is 2.